The van der Waals surface area contributed by atoms with Crippen LogP contribution in [0.15, 0.2) is 21.5 Å². The highest BCUT2D eigenvalue weighted by Crippen LogP contribution is 2.19. The summed E-state index contributed by atoms with van der Waals surface area (Å²) in [7, 11) is 0. The van der Waals surface area contributed by atoms with Crippen molar-refractivity contribution in [2.24, 2.45) is 0 Å². The molecule has 140 valence electrons. The second-order valence-electron chi connectivity index (χ2n) is 6.79. The predicted molar refractivity (Wildman–Crippen MR) is 97.0 cm³/mol. The summed E-state index contributed by atoms with van der Waals surface area (Å²) in [4.78, 5) is 30.2. The van der Waals surface area contributed by atoms with Gasteiger partial charge in [0.15, 0.2) is 5.82 Å². The highest BCUT2D eigenvalue weighted by atomic mass is 16.5. The van der Waals surface area contributed by atoms with Crippen molar-refractivity contribution < 1.29 is 9.32 Å². The fourth-order valence-electron chi connectivity index (χ4n) is 3.40. The van der Waals surface area contributed by atoms with Crippen molar-refractivity contribution in [1.29, 1.82) is 0 Å². The third-order valence-electron chi connectivity index (χ3n) is 4.56. The third kappa shape index (κ3) is 3.16. The minimum Gasteiger partial charge on any atom is -0.360 e. The number of amides is 1. The summed E-state index contributed by atoms with van der Waals surface area (Å²) in [5.74, 6) is 0.878. The Morgan fingerprint density at radius 1 is 1.26 bits per heavy atom. The Bertz CT molecular complexity index is 1090. The van der Waals surface area contributed by atoms with Gasteiger partial charge in [-0.25, -0.2) is 9.67 Å². The molecule has 1 amide bonds. The van der Waals surface area contributed by atoms with E-state index in [2.05, 4.69) is 20.6 Å². The Balaban J connectivity index is 1.75. The molecule has 0 aliphatic heterocycles. The van der Waals surface area contributed by atoms with Crippen LogP contribution in [0.3, 0.4) is 0 Å². The van der Waals surface area contributed by atoms with Crippen LogP contribution >= 0.6 is 0 Å². The third-order valence-corrected chi connectivity index (χ3v) is 4.56. The maximum Gasteiger partial charge on any atom is 0.258 e. The van der Waals surface area contributed by atoms with E-state index in [1.165, 1.54) is 4.57 Å². The number of hydrogen-bond acceptors (Lipinski definition) is 6. The minimum atomic E-state index is -0.382. The molecular formula is C18H20N6O3. The lowest BCUT2D eigenvalue weighted by Crippen LogP contribution is -2.34. The number of anilines is 1. The van der Waals surface area contributed by atoms with Crippen LogP contribution in [-0.2, 0) is 24.2 Å². The highest BCUT2D eigenvalue weighted by molar-refractivity contribution is 5.89. The molecule has 0 fully saturated rings. The van der Waals surface area contributed by atoms with E-state index in [0.29, 0.717) is 29.5 Å². The number of nitrogens with one attached hydrogen (secondary N) is 1. The predicted octanol–water partition coefficient (Wildman–Crippen LogP) is 1.47. The summed E-state index contributed by atoms with van der Waals surface area (Å²) >= 11 is 0. The molecular weight excluding hydrogens is 348 g/mol. The second-order valence-corrected chi connectivity index (χ2v) is 6.79. The zero-order valence-electron chi connectivity index (χ0n) is 15.4. The molecule has 3 aromatic rings. The van der Waals surface area contributed by atoms with Crippen molar-refractivity contribution in [2.45, 2.75) is 46.6 Å². The Morgan fingerprint density at radius 3 is 2.74 bits per heavy atom. The Hall–Kier alpha value is -3.23. The molecule has 3 heterocycles. The van der Waals surface area contributed by atoms with E-state index in [4.69, 9.17) is 4.52 Å². The van der Waals surface area contributed by atoms with Gasteiger partial charge in [0, 0.05) is 17.3 Å². The lowest BCUT2D eigenvalue weighted by Gasteiger charge is -2.14. The van der Waals surface area contributed by atoms with Crippen molar-refractivity contribution in [3.8, 4) is 5.95 Å². The normalized spacial score (nSPS) is 13.0. The van der Waals surface area contributed by atoms with E-state index < -0.39 is 0 Å². The van der Waals surface area contributed by atoms with Gasteiger partial charge in [0.25, 0.3) is 5.56 Å². The summed E-state index contributed by atoms with van der Waals surface area (Å²) in [6.45, 7) is 5.32. The van der Waals surface area contributed by atoms with E-state index in [1.807, 2.05) is 19.9 Å². The van der Waals surface area contributed by atoms with Crippen LogP contribution in [0.5, 0.6) is 0 Å². The molecule has 0 atom stereocenters. The van der Waals surface area contributed by atoms with Crippen molar-refractivity contribution >= 4 is 11.7 Å². The van der Waals surface area contributed by atoms with Crippen molar-refractivity contribution in [2.75, 3.05) is 5.32 Å². The summed E-state index contributed by atoms with van der Waals surface area (Å²) < 4.78 is 7.95. The first-order chi connectivity index (χ1) is 12.9. The van der Waals surface area contributed by atoms with Gasteiger partial charge < -0.3 is 9.84 Å². The standard InChI is InChI=1S/C18H20N6O3/c1-10-7-11(2)24(21-10)18-19-14-6-4-5-13(14)17(26)23(18)9-16(25)20-15-8-12(3)27-22-15/h7-8H,4-6,9H2,1-3H3,(H,20,22,25). The fraction of sp³-hybridized carbons (Fsp3) is 0.389. The first kappa shape index (κ1) is 17.2. The molecule has 1 aliphatic rings. The van der Waals surface area contributed by atoms with Crippen LogP contribution < -0.4 is 10.9 Å². The van der Waals surface area contributed by atoms with Crippen LogP contribution in [0.2, 0.25) is 0 Å². The number of fused-ring (bicyclic) bond motifs is 1. The molecule has 3 aromatic heterocycles. The van der Waals surface area contributed by atoms with E-state index in [0.717, 1.165) is 29.9 Å². The maximum atomic E-state index is 13.0. The Kier molecular flexibility index (Phi) is 4.14. The van der Waals surface area contributed by atoms with Crippen LogP contribution in [0.25, 0.3) is 5.95 Å². The van der Waals surface area contributed by atoms with Gasteiger partial charge >= 0.3 is 0 Å². The number of carbonyl (C=O) groups excluding carboxylic acids is 1. The quantitative estimate of drug-likeness (QED) is 0.747. The first-order valence-electron chi connectivity index (χ1n) is 8.82. The van der Waals surface area contributed by atoms with Crippen molar-refractivity contribution in [3.63, 3.8) is 0 Å². The number of hydrogen-bond donors (Lipinski definition) is 1. The van der Waals surface area contributed by atoms with Gasteiger partial charge in [-0.05, 0) is 46.1 Å². The van der Waals surface area contributed by atoms with Crippen LogP contribution in [0, 0.1) is 20.8 Å². The second kappa shape index (κ2) is 6.49. The Morgan fingerprint density at radius 2 is 2.07 bits per heavy atom. The van der Waals surface area contributed by atoms with Gasteiger partial charge in [-0.2, -0.15) is 5.10 Å². The molecule has 4 rings (SSSR count). The molecule has 0 saturated carbocycles. The van der Waals surface area contributed by atoms with Gasteiger partial charge in [0.05, 0.1) is 11.4 Å². The van der Waals surface area contributed by atoms with Crippen molar-refractivity contribution in [3.05, 3.63) is 50.9 Å². The molecule has 0 saturated heterocycles. The van der Waals surface area contributed by atoms with E-state index >= 15 is 0 Å². The largest absolute Gasteiger partial charge is 0.360 e. The van der Waals surface area contributed by atoms with Crippen LogP contribution in [0.1, 0.15) is 34.8 Å². The molecule has 0 unspecified atom stereocenters. The molecule has 9 heteroatoms. The summed E-state index contributed by atoms with van der Waals surface area (Å²) in [5, 5.41) is 10.8. The first-order valence-corrected chi connectivity index (χ1v) is 8.82. The SMILES string of the molecule is Cc1cc(C)n(-c2nc3c(c(=O)n2CC(=O)Nc2cc(C)on2)CCC3)n1. The monoisotopic (exact) mass is 368 g/mol. The van der Waals surface area contributed by atoms with Crippen LogP contribution in [-0.4, -0.2) is 30.4 Å². The van der Waals surface area contributed by atoms with Gasteiger partial charge in [0.2, 0.25) is 11.9 Å². The number of aryl methyl sites for hydroxylation is 4. The maximum absolute atomic E-state index is 13.0. The van der Waals surface area contributed by atoms with E-state index in [-0.39, 0.29) is 18.0 Å². The Labute approximate surface area is 155 Å². The number of rotatable bonds is 4. The highest BCUT2D eigenvalue weighted by Gasteiger charge is 2.24. The average Bonchev–Trinajstić information content (AvgIpc) is 3.31. The lowest BCUT2D eigenvalue weighted by atomic mass is 10.2. The molecule has 27 heavy (non-hydrogen) atoms. The number of nitrogens with zero attached hydrogens (tertiary/aromatic N) is 5. The smallest absolute Gasteiger partial charge is 0.258 e. The molecule has 0 bridgehead atoms. The van der Waals surface area contributed by atoms with Gasteiger partial charge in [-0.15, -0.1) is 0 Å². The lowest BCUT2D eigenvalue weighted by molar-refractivity contribution is -0.116. The summed E-state index contributed by atoms with van der Waals surface area (Å²) in [5.41, 5.74) is 2.96. The molecule has 1 aliphatic carbocycles. The topological polar surface area (TPSA) is 108 Å². The molecule has 0 aromatic carbocycles. The van der Waals surface area contributed by atoms with Crippen LogP contribution in [0.4, 0.5) is 5.82 Å². The minimum absolute atomic E-state index is 0.182. The molecule has 0 spiro atoms. The molecule has 1 N–H and O–H groups in total. The zero-order valence-corrected chi connectivity index (χ0v) is 15.4. The number of carbonyl (C=O) groups is 1. The summed E-state index contributed by atoms with van der Waals surface area (Å²) in [6, 6.07) is 3.52. The van der Waals surface area contributed by atoms with E-state index in [9.17, 15) is 9.59 Å². The zero-order chi connectivity index (χ0) is 19.1. The summed E-state index contributed by atoms with van der Waals surface area (Å²) in [6.07, 6.45) is 2.34. The van der Waals surface area contributed by atoms with E-state index in [1.54, 1.807) is 17.7 Å². The average molecular weight is 368 g/mol. The van der Waals surface area contributed by atoms with Gasteiger partial charge in [0.1, 0.15) is 12.3 Å². The molecule has 0 radical (unpaired) electrons. The van der Waals surface area contributed by atoms with Gasteiger partial charge in [-0.1, -0.05) is 5.16 Å². The number of aromatic nitrogens is 5. The van der Waals surface area contributed by atoms with Gasteiger partial charge in [-0.3, -0.25) is 14.2 Å². The van der Waals surface area contributed by atoms with Crippen molar-refractivity contribution in [1.82, 2.24) is 24.5 Å². The fourth-order valence-corrected chi connectivity index (χ4v) is 3.40. The molecule has 9 nitrogen and oxygen atoms in total.